The summed E-state index contributed by atoms with van der Waals surface area (Å²) in [6.07, 6.45) is 4.76. The SMILES string of the molecule is Cc1cc(=O)oc2cc(OCC(=O)N/N=C/c3cccnc3)ccc12. The number of fused-ring (bicyclic) bond motifs is 1. The van der Waals surface area contributed by atoms with Crippen molar-refractivity contribution in [3.63, 3.8) is 0 Å². The molecule has 0 fully saturated rings. The molecule has 2 aromatic heterocycles. The first kappa shape index (κ1) is 16.4. The zero-order valence-electron chi connectivity index (χ0n) is 13.4. The van der Waals surface area contributed by atoms with Crippen LogP contribution in [0, 0.1) is 6.92 Å². The van der Waals surface area contributed by atoms with Crippen molar-refractivity contribution in [1.82, 2.24) is 10.4 Å². The summed E-state index contributed by atoms with van der Waals surface area (Å²) in [6.45, 7) is 1.61. The Morgan fingerprint density at radius 3 is 3.04 bits per heavy atom. The smallest absolute Gasteiger partial charge is 0.336 e. The molecule has 0 aliphatic heterocycles. The Balaban J connectivity index is 1.59. The highest BCUT2D eigenvalue weighted by atomic mass is 16.5. The van der Waals surface area contributed by atoms with Gasteiger partial charge in [0.25, 0.3) is 5.91 Å². The molecule has 0 unspecified atom stereocenters. The second kappa shape index (κ2) is 7.39. The van der Waals surface area contributed by atoms with Crippen LogP contribution in [0.5, 0.6) is 5.75 Å². The molecule has 2 heterocycles. The first-order valence-electron chi connectivity index (χ1n) is 7.51. The van der Waals surface area contributed by atoms with Gasteiger partial charge in [-0.2, -0.15) is 5.10 Å². The number of aromatic nitrogens is 1. The van der Waals surface area contributed by atoms with Crippen molar-refractivity contribution in [2.45, 2.75) is 6.92 Å². The van der Waals surface area contributed by atoms with E-state index in [0.29, 0.717) is 11.3 Å². The van der Waals surface area contributed by atoms with Gasteiger partial charge in [0, 0.05) is 35.5 Å². The summed E-state index contributed by atoms with van der Waals surface area (Å²) >= 11 is 0. The van der Waals surface area contributed by atoms with Crippen LogP contribution in [0.15, 0.2) is 63.1 Å². The van der Waals surface area contributed by atoms with E-state index in [9.17, 15) is 9.59 Å². The third-order valence-electron chi connectivity index (χ3n) is 3.38. The van der Waals surface area contributed by atoms with Gasteiger partial charge in [0.15, 0.2) is 6.61 Å². The second-order valence-electron chi connectivity index (χ2n) is 5.27. The van der Waals surface area contributed by atoms with Crippen molar-refractivity contribution in [1.29, 1.82) is 0 Å². The number of nitrogens with zero attached hydrogens (tertiary/aromatic N) is 2. The lowest BCUT2D eigenvalue weighted by molar-refractivity contribution is -0.123. The lowest BCUT2D eigenvalue weighted by Gasteiger charge is -2.06. The molecule has 1 amide bonds. The fraction of sp³-hybridized carbons (Fsp3) is 0.111. The van der Waals surface area contributed by atoms with E-state index in [1.165, 1.54) is 12.3 Å². The molecule has 1 aromatic carbocycles. The molecule has 126 valence electrons. The Bertz CT molecular complexity index is 981. The highest BCUT2D eigenvalue weighted by Gasteiger charge is 2.06. The minimum atomic E-state index is -0.426. The van der Waals surface area contributed by atoms with Crippen LogP contribution in [-0.2, 0) is 4.79 Å². The molecule has 0 saturated carbocycles. The van der Waals surface area contributed by atoms with Crippen molar-refractivity contribution in [3.8, 4) is 5.75 Å². The largest absolute Gasteiger partial charge is 0.484 e. The van der Waals surface area contributed by atoms with Crippen LogP contribution in [0.25, 0.3) is 11.0 Å². The summed E-state index contributed by atoms with van der Waals surface area (Å²) in [4.78, 5) is 27.1. The number of nitrogens with one attached hydrogen (secondary N) is 1. The molecule has 25 heavy (non-hydrogen) atoms. The number of rotatable bonds is 5. The molecule has 0 aliphatic rings. The third-order valence-corrected chi connectivity index (χ3v) is 3.38. The number of carbonyl (C=O) groups is 1. The number of amides is 1. The van der Waals surface area contributed by atoms with Crippen molar-refractivity contribution < 1.29 is 13.9 Å². The average molecular weight is 337 g/mol. The van der Waals surface area contributed by atoms with Crippen molar-refractivity contribution in [3.05, 3.63) is 70.3 Å². The maximum absolute atomic E-state index is 11.7. The Morgan fingerprint density at radius 2 is 2.24 bits per heavy atom. The summed E-state index contributed by atoms with van der Waals surface area (Å²) in [7, 11) is 0. The van der Waals surface area contributed by atoms with Crippen LogP contribution in [0.3, 0.4) is 0 Å². The summed E-state index contributed by atoms with van der Waals surface area (Å²) in [5.74, 6) is 0.0126. The van der Waals surface area contributed by atoms with Crippen LogP contribution >= 0.6 is 0 Å². The maximum atomic E-state index is 11.7. The first-order valence-corrected chi connectivity index (χ1v) is 7.51. The number of hydrogen-bond acceptors (Lipinski definition) is 6. The van der Waals surface area contributed by atoms with Gasteiger partial charge in [-0.1, -0.05) is 6.07 Å². The lowest BCUT2D eigenvalue weighted by Crippen LogP contribution is -2.24. The minimum Gasteiger partial charge on any atom is -0.484 e. The van der Waals surface area contributed by atoms with E-state index in [2.05, 4.69) is 15.5 Å². The van der Waals surface area contributed by atoms with Crippen molar-refractivity contribution in [2.75, 3.05) is 6.61 Å². The highest BCUT2D eigenvalue weighted by Crippen LogP contribution is 2.22. The maximum Gasteiger partial charge on any atom is 0.336 e. The van der Waals surface area contributed by atoms with Gasteiger partial charge in [-0.3, -0.25) is 9.78 Å². The van der Waals surface area contributed by atoms with Gasteiger partial charge < -0.3 is 9.15 Å². The highest BCUT2D eigenvalue weighted by molar-refractivity contribution is 5.83. The number of ether oxygens (including phenoxy) is 1. The number of aryl methyl sites for hydroxylation is 1. The molecule has 1 N–H and O–H groups in total. The van der Waals surface area contributed by atoms with E-state index in [0.717, 1.165) is 16.5 Å². The molecule has 7 nitrogen and oxygen atoms in total. The summed E-state index contributed by atoms with van der Waals surface area (Å²) < 4.78 is 10.5. The fourth-order valence-corrected chi connectivity index (χ4v) is 2.21. The monoisotopic (exact) mass is 337 g/mol. The van der Waals surface area contributed by atoms with E-state index in [1.54, 1.807) is 36.7 Å². The molecule has 0 bridgehead atoms. The fourth-order valence-electron chi connectivity index (χ4n) is 2.21. The average Bonchev–Trinajstić information content (AvgIpc) is 2.60. The molecule has 7 heteroatoms. The normalized spacial score (nSPS) is 10.9. The molecule has 3 rings (SSSR count). The molecular weight excluding hydrogens is 322 g/mol. The topological polar surface area (TPSA) is 93.8 Å². The lowest BCUT2D eigenvalue weighted by atomic mass is 10.1. The van der Waals surface area contributed by atoms with Gasteiger partial charge in [0.05, 0.1) is 6.21 Å². The van der Waals surface area contributed by atoms with E-state index < -0.39 is 11.5 Å². The van der Waals surface area contributed by atoms with Crippen LogP contribution in [0.1, 0.15) is 11.1 Å². The van der Waals surface area contributed by atoms with Crippen LogP contribution < -0.4 is 15.8 Å². The second-order valence-corrected chi connectivity index (χ2v) is 5.27. The van der Waals surface area contributed by atoms with Gasteiger partial charge in [-0.15, -0.1) is 0 Å². The Hall–Kier alpha value is -3.48. The third kappa shape index (κ3) is 4.29. The molecule has 0 spiro atoms. The number of benzene rings is 1. The molecule has 0 saturated heterocycles. The predicted octanol–water partition coefficient (Wildman–Crippen LogP) is 2.03. The van der Waals surface area contributed by atoms with E-state index in [-0.39, 0.29) is 6.61 Å². The van der Waals surface area contributed by atoms with Crippen molar-refractivity contribution in [2.24, 2.45) is 5.10 Å². The molecule has 0 radical (unpaired) electrons. The Kier molecular flexibility index (Phi) is 4.84. The summed E-state index contributed by atoms with van der Waals surface area (Å²) in [5.41, 5.74) is 3.94. The zero-order valence-corrected chi connectivity index (χ0v) is 13.4. The molecule has 3 aromatic rings. The van der Waals surface area contributed by atoms with E-state index in [4.69, 9.17) is 9.15 Å². The van der Waals surface area contributed by atoms with Gasteiger partial charge in [-0.25, -0.2) is 10.2 Å². The van der Waals surface area contributed by atoms with Crippen LogP contribution in [0.2, 0.25) is 0 Å². The molecule has 0 aliphatic carbocycles. The van der Waals surface area contributed by atoms with Gasteiger partial charge >= 0.3 is 5.63 Å². The number of carbonyl (C=O) groups excluding carboxylic acids is 1. The first-order chi connectivity index (χ1) is 12.1. The number of pyridine rings is 1. The zero-order chi connectivity index (χ0) is 17.6. The van der Waals surface area contributed by atoms with Crippen LogP contribution in [-0.4, -0.2) is 23.7 Å². The van der Waals surface area contributed by atoms with E-state index >= 15 is 0 Å². The van der Waals surface area contributed by atoms with Crippen molar-refractivity contribution >= 4 is 23.1 Å². The molecule has 0 atom stereocenters. The standard InChI is InChI=1S/C18H15N3O4/c1-12-7-18(23)25-16-8-14(4-5-15(12)16)24-11-17(22)21-20-10-13-3-2-6-19-9-13/h2-10H,11H2,1H3,(H,21,22)/b20-10+. The number of hydrogen-bond donors (Lipinski definition) is 1. The predicted molar refractivity (Wildman–Crippen MR) is 92.7 cm³/mol. The van der Waals surface area contributed by atoms with Gasteiger partial charge in [0.2, 0.25) is 0 Å². The summed E-state index contributed by atoms with van der Waals surface area (Å²) in [5, 5.41) is 4.64. The Labute approximate surface area is 143 Å². The summed E-state index contributed by atoms with van der Waals surface area (Å²) in [6, 6.07) is 10.1. The Morgan fingerprint density at radius 1 is 1.36 bits per heavy atom. The van der Waals surface area contributed by atoms with Gasteiger partial charge in [0.1, 0.15) is 11.3 Å². The van der Waals surface area contributed by atoms with Crippen LogP contribution in [0.4, 0.5) is 0 Å². The quantitative estimate of drug-likeness (QED) is 0.437. The van der Waals surface area contributed by atoms with E-state index in [1.807, 2.05) is 13.0 Å². The molecular formula is C18H15N3O4. The van der Waals surface area contributed by atoms with Gasteiger partial charge in [-0.05, 0) is 30.7 Å². The number of hydrazone groups is 1. The minimum absolute atomic E-state index is 0.216.